The van der Waals surface area contributed by atoms with Crippen molar-refractivity contribution < 1.29 is 14.1 Å². The van der Waals surface area contributed by atoms with E-state index in [-0.39, 0.29) is 11.8 Å². The Kier molecular flexibility index (Phi) is 5.32. The van der Waals surface area contributed by atoms with Crippen LogP contribution in [0.25, 0.3) is 11.6 Å². The number of pyridine rings is 1. The highest BCUT2D eigenvalue weighted by atomic mass is 16.5. The Morgan fingerprint density at radius 2 is 2.07 bits per heavy atom. The molecule has 0 saturated carbocycles. The molecule has 1 fully saturated rings. The van der Waals surface area contributed by atoms with E-state index >= 15 is 0 Å². The van der Waals surface area contributed by atoms with Gasteiger partial charge in [-0.05, 0) is 42.7 Å². The van der Waals surface area contributed by atoms with E-state index in [2.05, 4.69) is 15.1 Å². The Morgan fingerprint density at radius 1 is 1.21 bits per heavy atom. The average Bonchev–Trinajstić information content (AvgIpc) is 3.25. The summed E-state index contributed by atoms with van der Waals surface area (Å²) < 4.78 is 10.6. The Labute approximate surface area is 163 Å². The van der Waals surface area contributed by atoms with Crippen molar-refractivity contribution in [1.82, 2.24) is 20.0 Å². The third-order valence-corrected chi connectivity index (χ3v) is 5.03. The van der Waals surface area contributed by atoms with Crippen LogP contribution in [0.2, 0.25) is 0 Å². The van der Waals surface area contributed by atoms with Gasteiger partial charge in [0.15, 0.2) is 5.82 Å². The molecule has 28 heavy (non-hydrogen) atoms. The smallest absolute Gasteiger partial charge is 0.276 e. The molecule has 144 valence electrons. The maximum atomic E-state index is 12.6. The molecule has 2 aromatic heterocycles. The number of carbonyl (C=O) groups excluding carboxylic acids is 1. The molecule has 7 heteroatoms. The first-order chi connectivity index (χ1) is 13.7. The Bertz CT molecular complexity index is 934. The van der Waals surface area contributed by atoms with Crippen molar-refractivity contribution in [1.29, 1.82) is 0 Å². The summed E-state index contributed by atoms with van der Waals surface area (Å²) in [5, 5.41) is 4.13. The van der Waals surface area contributed by atoms with Gasteiger partial charge in [-0.25, -0.2) is 0 Å². The molecule has 3 aromatic rings. The molecule has 1 aliphatic heterocycles. The van der Waals surface area contributed by atoms with E-state index in [1.54, 1.807) is 13.3 Å². The van der Waals surface area contributed by atoms with Gasteiger partial charge in [0, 0.05) is 25.2 Å². The number of aromatic nitrogens is 3. The molecule has 1 aliphatic rings. The number of benzene rings is 1. The molecule has 3 heterocycles. The Hall–Kier alpha value is -3.22. The largest absolute Gasteiger partial charge is 0.497 e. The molecule has 1 amide bonds. The average molecular weight is 378 g/mol. The highest BCUT2D eigenvalue weighted by Crippen LogP contribution is 2.28. The van der Waals surface area contributed by atoms with Gasteiger partial charge in [-0.15, -0.1) is 0 Å². The number of nitrogens with zero attached hydrogens (tertiary/aromatic N) is 4. The number of hydrogen-bond acceptors (Lipinski definition) is 6. The van der Waals surface area contributed by atoms with Gasteiger partial charge in [0.05, 0.1) is 13.5 Å². The van der Waals surface area contributed by atoms with Gasteiger partial charge in [0.1, 0.15) is 11.4 Å². The maximum Gasteiger partial charge on any atom is 0.276 e. The van der Waals surface area contributed by atoms with E-state index in [0.717, 1.165) is 24.2 Å². The monoisotopic (exact) mass is 378 g/mol. The predicted molar refractivity (Wildman–Crippen MR) is 103 cm³/mol. The van der Waals surface area contributed by atoms with Crippen molar-refractivity contribution in [2.45, 2.75) is 25.2 Å². The predicted octanol–water partition coefficient (Wildman–Crippen LogP) is 3.09. The quantitative estimate of drug-likeness (QED) is 0.679. The fraction of sp³-hybridized carbons (Fsp3) is 0.333. The topological polar surface area (TPSA) is 81.4 Å². The molecule has 7 nitrogen and oxygen atoms in total. The second-order valence-corrected chi connectivity index (χ2v) is 6.86. The van der Waals surface area contributed by atoms with Crippen LogP contribution in [-0.4, -0.2) is 46.1 Å². The minimum absolute atomic E-state index is 0.133. The number of ether oxygens (including phenoxy) is 1. The molecule has 0 aliphatic carbocycles. The molecule has 0 N–H and O–H groups in total. The minimum Gasteiger partial charge on any atom is -0.497 e. The van der Waals surface area contributed by atoms with Crippen molar-refractivity contribution in [2.75, 3.05) is 20.2 Å². The zero-order chi connectivity index (χ0) is 19.3. The van der Waals surface area contributed by atoms with E-state index in [4.69, 9.17) is 9.26 Å². The molecular weight excluding hydrogens is 356 g/mol. The lowest BCUT2D eigenvalue weighted by Gasteiger charge is -2.30. The van der Waals surface area contributed by atoms with Gasteiger partial charge in [0.2, 0.25) is 5.91 Å². The van der Waals surface area contributed by atoms with Crippen molar-refractivity contribution in [3.05, 3.63) is 60.0 Å². The molecule has 1 saturated heterocycles. The van der Waals surface area contributed by atoms with Crippen LogP contribution in [-0.2, 0) is 11.2 Å². The van der Waals surface area contributed by atoms with Crippen LogP contribution < -0.4 is 4.74 Å². The zero-order valence-corrected chi connectivity index (χ0v) is 15.7. The molecule has 0 spiro atoms. The fourth-order valence-electron chi connectivity index (χ4n) is 3.45. The fourth-order valence-corrected chi connectivity index (χ4v) is 3.45. The van der Waals surface area contributed by atoms with Crippen LogP contribution in [0.1, 0.15) is 30.1 Å². The molecule has 0 bridgehead atoms. The van der Waals surface area contributed by atoms with Crippen molar-refractivity contribution in [3.63, 3.8) is 0 Å². The van der Waals surface area contributed by atoms with E-state index in [1.807, 2.05) is 47.4 Å². The van der Waals surface area contributed by atoms with E-state index in [1.165, 1.54) is 0 Å². The molecule has 1 aromatic carbocycles. The number of piperidine rings is 1. The number of likely N-dealkylation sites (tertiary alicyclic amines) is 1. The highest BCUT2D eigenvalue weighted by Gasteiger charge is 2.27. The van der Waals surface area contributed by atoms with Crippen LogP contribution >= 0.6 is 0 Å². The zero-order valence-electron chi connectivity index (χ0n) is 15.7. The molecule has 0 atom stereocenters. The molecular formula is C21H22N4O3. The summed E-state index contributed by atoms with van der Waals surface area (Å²) >= 11 is 0. The maximum absolute atomic E-state index is 12.6. The van der Waals surface area contributed by atoms with E-state index in [0.29, 0.717) is 36.9 Å². The third-order valence-electron chi connectivity index (χ3n) is 5.03. The minimum atomic E-state index is 0.133. The summed E-state index contributed by atoms with van der Waals surface area (Å²) in [4.78, 5) is 23.3. The number of methoxy groups -OCH3 is 1. The number of amides is 1. The van der Waals surface area contributed by atoms with E-state index < -0.39 is 0 Å². The molecule has 0 unspecified atom stereocenters. The van der Waals surface area contributed by atoms with Gasteiger partial charge in [-0.2, -0.15) is 4.98 Å². The van der Waals surface area contributed by atoms with Gasteiger partial charge in [-0.3, -0.25) is 9.78 Å². The second kappa shape index (κ2) is 8.21. The van der Waals surface area contributed by atoms with Crippen LogP contribution in [0.3, 0.4) is 0 Å². The Balaban J connectivity index is 1.34. The normalized spacial score (nSPS) is 14.8. The van der Waals surface area contributed by atoms with Crippen molar-refractivity contribution >= 4 is 5.91 Å². The second-order valence-electron chi connectivity index (χ2n) is 6.86. The molecule has 0 radical (unpaired) electrons. The third kappa shape index (κ3) is 4.03. The van der Waals surface area contributed by atoms with E-state index in [9.17, 15) is 4.79 Å². The molecule has 4 rings (SSSR count). The summed E-state index contributed by atoms with van der Waals surface area (Å²) in [5.74, 6) is 2.23. The van der Waals surface area contributed by atoms with Crippen LogP contribution in [0, 0.1) is 0 Å². The first-order valence-electron chi connectivity index (χ1n) is 9.38. The SMILES string of the molecule is COc1cccc(CC(=O)N2CCC(c3noc(-c4ccccn4)n3)CC2)c1. The van der Waals surface area contributed by atoms with Crippen LogP contribution in [0.4, 0.5) is 0 Å². The summed E-state index contributed by atoms with van der Waals surface area (Å²) in [6.45, 7) is 1.39. The summed E-state index contributed by atoms with van der Waals surface area (Å²) in [6, 6.07) is 13.2. The standard InChI is InChI=1S/C21H22N4O3/c1-27-17-6-4-5-15(13-17)14-19(26)25-11-8-16(9-12-25)20-23-21(28-24-20)18-7-2-3-10-22-18/h2-7,10,13,16H,8-9,11-12,14H2,1H3. The van der Waals surface area contributed by atoms with Gasteiger partial charge >= 0.3 is 0 Å². The van der Waals surface area contributed by atoms with Gasteiger partial charge in [0.25, 0.3) is 5.89 Å². The lowest BCUT2D eigenvalue weighted by atomic mass is 9.95. The van der Waals surface area contributed by atoms with Gasteiger partial charge in [-0.1, -0.05) is 23.4 Å². The number of carbonyl (C=O) groups is 1. The van der Waals surface area contributed by atoms with Crippen molar-refractivity contribution in [3.8, 4) is 17.3 Å². The lowest BCUT2D eigenvalue weighted by Crippen LogP contribution is -2.39. The summed E-state index contributed by atoms with van der Waals surface area (Å²) in [7, 11) is 1.63. The van der Waals surface area contributed by atoms with Crippen LogP contribution in [0.15, 0.2) is 53.2 Å². The first-order valence-corrected chi connectivity index (χ1v) is 9.38. The first kappa shape index (κ1) is 18.2. The van der Waals surface area contributed by atoms with Crippen molar-refractivity contribution in [2.24, 2.45) is 0 Å². The lowest BCUT2D eigenvalue weighted by molar-refractivity contribution is -0.131. The highest BCUT2D eigenvalue weighted by molar-refractivity contribution is 5.79. The number of hydrogen-bond donors (Lipinski definition) is 0. The summed E-state index contributed by atoms with van der Waals surface area (Å²) in [5.41, 5.74) is 1.64. The van der Waals surface area contributed by atoms with Gasteiger partial charge < -0.3 is 14.2 Å². The number of rotatable bonds is 5. The Morgan fingerprint density at radius 3 is 2.82 bits per heavy atom. The summed E-state index contributed by atoms with van der Waals surface area (Å²) in [6.07, 6.45) is 3.73. The van der Waals surface area contributed by atoms with Crippen LogP contribution in [0.5, 0.6) is 5.75 Å².